The van der Waals surface area contributed by atoms with Gasteiger partial charge >= 0.3 is 0 Å². The third-order valence-corrected chi connectivity index (χ3v) is 4.38. The van der Waals surface area contributed by atoms with Gasteiger partial charge in [0.05, 0.1) is 13.2 Å². The van der Waals surface area contributed by atoms with Crippen LogP contribution in [0.15, 0.2) is 30.6 Å². The molecule has 1 aromatic heterocycles. The average molecular weight is 370 g/mol. The number of rotatable bonds is 7. The molecule has 1 N–H and O–H groups in total. The number of nitrogens with zero attached hydrogens (tertiary/aromatic N) is 3. The van der Waals surface area contributed by atoms with Gasteiger partial charge in [-0.15, -0.1) is 0 Å². The molecule has 1 saturated heterocycles. The van der Waals surface area contributed by atoms with Crippen LogP contribution in [0.4, 0.5) is 11.6 Å². The Morgan fingerprint density at radius 3 is 2.52 bits per heavy atom. The molecule has 0 bridgehead atoms. The Balaban J connectivity index is 1.74. The van der Waals surface area contributed by atoms with Crippen LogP contribution in [-0.2, 0) is 0 Å². The van der Waals surface area contributed by atoms with E-state index in [1.807, 2.05) is 19.9 Å². The number of carbonyl (C=O) groups is 1. The summed E-state index contributed by atoms with van der Waals surface area (Å²) in [5, 5.41) is 2.85. The summed E-state index contributed by atoms with van der Waals surface area (Å²) in [6, 6.07) is 6.98. The summed E-state index contributed by atoms with van der Waals surface area (Å²) in [5.41, 5.74) is 0.486. The number of carbonyl (C=O) groups excluding carboxylic acids is 1. The number of ether oxygens (including phenoxy) is 2. The van der Waals surface area contributed by atoms with Crippen LogP contribution in [0.3, 0.4) is 0 Å². The molecule has 1 aliphatic rings. The summed E-state index contributed by atoms with van der Waals surface area (Å²) >= 11 is 0. The minimum atomic E-state index is -0.248. The van der Waals surface area contributed by atoms with Gasteiger partial charge in [0.2, 0.25) is 0 Å². The zero-order valence-corrected chi connectivity index (χ0v) is 15.9. The van der Waals surface area contributed by atoms with Gasteiger partial charge in [0.1, 0.15) is 18.0 Å². The minimum absolute atomic E-state index is 0.248. The number of hydrogen-bond donors (Lipinski definition) is 1. The molecule has 3 rings (SSSR count). The highest BCUT2D eigenvalue weighted by Crippen LogP contribution is 2.29. The number of nitrogens with one attached hydrogen (secondary N) is 1. The van der Waals surface area contributed by atoms with Crippen LogP contribution in [0.1, 0.15) is 43.5 Å². The van der Waals surface area contributed by atoms with Crippen LogP contribution >= 0.6 is 0 Å². The zero-order valence-electron chi connectivity index (χ0n) is 15.9. The minimum Gasteiger partial charge on any atom is -0.490 e. The largest absolute Gasteiger partial charge is 0.490 e. The average Bonchev–Trinajstić information content (AvgIpc) is 2.70. The Kier molecular flexibility index (Phi) is 6.46. The molecule has 0 radical (unpaired) electrons. The van der Waals surface area contributed by atoms with Crippen LogP contribution in [0, 0.1) is 0 Å². The molecular weight excluding hydrogens is 344 g/mol. The molecule has 0 spiro atoms. The van der Waals surface area contributed by atoms with Gasteiger partial charge in [-0.3, -0.25) is 4.79 Å². The number of hydrogen-bond acceptors (Lipinski definition) is 6. The lowest BCUT2D eigenvalue weighted by Crippen LogP contribution is -2.30. The first-order valence-electron chi connectivity index (χ1n) is 9.49. The molecule has 144 valence electrons. The van der Waals surface area contributed by atoms with E-state index in [9.17, 15) is 4.79 Å². The van der Waals surface area contributed by atoms with Crippen LogP contribution in [-0.4, -0.2) is 42.2 Å². The molecule has 1 aliphatic heterocycles. The van der Waals surface area contributed by atoms with Gasteiger partial charge in [-0.2, -0.15) is 0 Å². The van der Waals surface area contributed by atoms with Crippen molar-refractivity contribution in [2.45, 2.75) is 33.1 Å². The number of piperidine rings is 1. The van der Waals surface area contributed by atoms with Gasteiger partial charge in [0, 0.05) is 24.7 Å². The maximum Gasteiger partial charge on any atom is 0.256 e. The Bertz CT molecular complexity index is 776. The van der Waals surface area contributed by atoms with Gasteiger partial charge in [0.25, 0.3) is 5.91 Å². The van der Waals surface area contributed by atoms with Crippen LogP contribution in [0.5, 0.6) is 11.5 Å². The summed E-state index contributed by atoms with van der Waals surface area (Å²) in [5.74, 6) is 2.28. The highest BCUT2D eigenvalue weighted by Gasteiger charge is 2.15. The quantitative estimate of drug-likeness (QED) is 0.804. The van der Waals surface area contributed by atoms with Crippen molar-refractivity contribution in [3.8, 4) is 11.5 Å². The Morgan fingerprint density at radius 2 is 1.78 bits per heavy atom. The van der Waals surface area contributed by atoms with Crippen molar-refractivity contribution >= 4 is 17.5 Å². The van der Waals surface area contributed by atoms with Crippen LogP contribution in [0.2, 0.25) is 0 Å². The second kappa shape index (κ2) is 9.21. The molecule has 0 saturated carbocycles. The highest BCUT2D eigenvalue weighted by molar-refractivity contribution is 6.04. The van der Waals surface area contributed by atoms with Crippen molar-refractivity contribution in [1.29, 1.82) is 0 Å². The van der Waals surface area contributed by atoms with Gasteiger partial charge in [-0.25, -0.2) is 9.97 Å². The first-order valence-corrected chi connectivity index (χ1v) is 9.49. The van der Waals surface area contributed by atoms with Gasteiger partial charge in [-0.1, -0.05) is 0 Å². The molecule has 7 heteroatoms. The van der Waals surface area contributed by atoms with E-state index in [2.05, 4.69) is 20.2 Å². The lowest BCUT2D eigenvalue weighted by molar-refractivity contribution is 0.102. The van der Waals surface area contributed by atoms with Crippen molar-refractivity contribution in [1.82, 2.24) is 9.97 Å². The predicted molar refractivity (Wildman–Crippen MR) is 105 cm³/mol. The van der Waals surface area contributed by atoms with E-state index < -0.39 is 0 Å². The zero-order chi connectivity index (χ0) is 19.1. The van der Waals surface area contributed by atoms with Crippen molar-refractivity contribution in [3.63, 3.8) is 0 Å². The van der Waals surface area contributed by atoms with Gasteiger partial charge in [-0.05, 0) is 51.3 Å². The fourth-order valence-corrected chi connectivity index (χ4v) is 3.09. The molecule has 1 fully saturated rings. The number of anilines is 2. The van der Waals surface area contributed by atoms with Crippen molar-refractivity contribution in [2.24, 2.45) is 0 Å². The fourth-order valence-electron chi connectivity index (χ4n) is 3.09. The summed E-state index contributed by atoms with van der Waals surface area (Å²) in [6.45, 7) is 6.81. The van der Waals surface area contributed by atoms with E-state index in [1.165, 1.54) is 12.7 Å². The van der Waals surface area contributed by atoms with Crippen LogP contribution in [0.25, 0.3) is 0 Å². The summed E-state index contributed by atoms with van der Waals surface area (Å²) in [7, 11) is 0. The smallest absolute Gasteiger partial charge is 0.256 e. The molecule has 1 amide bonds. The van der Waals surface area contributed by atoms with Gasteiger partial charge in [0.15, 0.2) is 11.5 Å². The first-order chi connectivity index (χ1) is 13.2. The molecule has 2 heterocycles. The Labute approximate surface area is 159 Å². The Hall–Kier alpha value is -2.83. The number of aromatic nitrogens is 2. The second-order valence-corrected chi connectivity index (χ2v) is 6.29. The third kappa shape index (κ3) is 4.87. The summed E-state index contributed by atoms with van der Waals surface area (Å²) in [6.07, 6.45) is 5.07. The first kappa shape index (κ1) is 18.9. The standard InChI is InChI=1S/C20H26N4O3/c1-3-26-16-9-8-15(12-17(16)27-4-2)20(25)23-18-13-19(22-14-21-18)24-10-6-5-7-11-24/h8-9,12-14H,3-7,10-11H2,1-2H3,(H,21,22,23,25). The second-order valence-electron chi connectivity index (χ2n) is 6.29. The van der Waals surface area contributed by atoms with E-state index in [4.69, 9.17) is 9.47 Å². The van der Waals surface area contributed by atoms with E-state index >= 15 is 0 Å². The van der Waals surface area contributed by atoms with Crippen LogP contribution < -0.4 is 19.7 Å². The molecule has 2 aromatic rings. The maximum absolute atomic E-state index is 12.6. The lowest BCUT2D eigenvalue weighted by Gasteiger charge is -2.27. The van der Waals surface area contributed by atoms with Crippen molar-refractivity contribution < 1.29 is 14.3 Å². The number of benzene rings is 1. The molecule has 0 atom stereocenters. The molecule has 1 aromatic carbocycles. The lowest BCUT2D eigenvalue weighted by atomic mass is 10.1. The monoisotopic (exact) mass is 370 g/mol. The van der Waals surface area contributed by atoms with Crippen molar-refractivity contribution in [3.05, 3.63) is 36.2 Å². The molecule has 0 unspecified atom stereocenters. The topological polar surface area (TPSA) is 76.6 Å². The van der Waals surface area contributed by atoms with E-state index in [1.54, 1.807) is 18.2 Å². The fraction of sp³-hybridized carbons (Fsp3) is 0.450. The maximum atomic E-state index is 12.6. The van der Waals surface area contributed by atoms with E-state index in [-0.39, 0.29) is 5.91 Å². The van der Waals surface area contributed by atoms with Crippen molar-refractivity contribution in [2.75, 3.05) is 36.5 Å². The normalized spacial score (nSPS) is 13.9. The number of amides is 1. The Morgan fingerprint density at radius 1 is 1.04 bits per heavy atom. The summed E-state index contributed by atoms with van der Waals surface area (Å²) < 4.78 is 11.1. The molecule has 27 heavy (non-hydrogen) atoms. The molecule has 0 aliphatic carbocycles. The predicted octanol–water partition coefficient (Wildman–Crippen LogP) is 3.52. The highest BCUT2D eigenvalue weighted by atomic mass is 16.5. The SMILES string of the molecule is CCOc1ccc(C(=O)Nc2cc(N3CCCCC3)ncn2)cc1OCC. The third-order valence-electron chi connectivity index (χ3n) is 4.38. The molecule has 7 nitrogen and oxygen atoms in total. The van der Waals surface area contributed by atoms with E-state index in [0.29, 0.717) is 36.1 Å². The molecular formula is C20H26N4O3. The van der Waals surface area contributed by atoms with E-state index in [0.717, 1.165) is 31.7 Å². The summed E-state index contributed by atoms with van der Waals surface area (Å²) in [4.78, 5) is 23.4. The van der Waals surface area contributed by atoms with Gasteiger partial charge < -0.3 is 19.7 Å².